The molecule has 0 amide bonds. The Kier molecular flexibility index (Phi) is 7.68. The molecule has 0 saturated heterocycles. The van der Waals surface area contributed by atoms with Crippen LogP contribution in [0.1, 0.15) is 27.7 Å². The van der Waals surface area contributed by atoms with Crippen LogP contribution in [-0.2, 0) is 0 Å². The first kappa shape index (κ1) is 14.6. The van der Waals surface area contributed by atoms with Crippen LogP contribution < -0.4 is 0 Å². The topological polar surface area (TPSA) is 35.9 Å². The van der Waals surface area contributed by atoms with Crippen LogP contribution >= 0.6 is 24.0 Å². The second kappa shape index (κ2) is 7.87. The summed E-state index contributed by atoms with van der Waals surface area (Å²) in [6, 6.07) is 0.120. The molecule has 0 rings (SSSR count). The third kappa shape index (κ3) is 5.32. The SMILES string of the molecule is CCN(CC)C(=S)SCN(N=O)C(C)C. The van der Waals surface area contributed by atoms with Gasteiger partial charge in [0.1, 0.15) is 4.32 Å². The van der Waals surface area contributed by atoms with Gasteiger partial charge in [-0.3, -0.25) is 0 Å². The van der Waals surface area contributed by atoms with Gasteiger partial charge in [-0.25, -0.2) is 5.01 Å². The van der Waals surface area contributed by atoms with E-state index in [1.807, 2.05) is 13.8 Å². The molecule has 0 aliphatic rings. The Balaban J connectivity index is 4.02. The van der Waals surface area contributed by atoms with Gasteiger partial charge in [0.15, 0.2) is 0 Å². The summed E-state index contributed by atoms with van der Waals surface area (Å²) in [4.78, 5) is 12.6. The van der Waals surface area contributed by atoms with Crippen molar-refractivity contribution >= 4 is 28.3 Å². The smallest absolute Gasteiger partial charge is 0.138 e. The molecular weight excluding hydrogens is 230 g/mol. The van der Waals surface area contributed by atoms with Crippen molar-refractivity contribution in [1.82, 2.24) is 9.91 Å². The lowest BCUT2D eigenvalue weighted by atomic mass is 10.4. The van der Waals surface area contributed by atoms with Crippen LogP contribution in [0.15, 0.2) is 5.29 Å². The second-order valence-corrected chi connectivity index (χ2v) is 4.91. The molecule has 0 aromatic heterocycles. The van der Waals surface area contributed by atoms with E-state index >= 15 is 0 Å². The van der Waals surface area contributed by atoms with Crippen molar-refractivity contribution < 1.29 is 0 Å². The fourth-order valence-electron chi connectivity index (χ4n) is 0.961. The van der Waals surface area contributed by atoms with Crippen LogP contribution in [0.5, 0.6) is 0 Å². The van der Waals surface area contributed by atoms with E-state index in [1.165, 1.54) is 16.8 Å². The Labute approximate surface area is 101 Å². The molecule has 4 nitrogen and oxygen atoms in total. The van der Waals surface area contributed by atoms with Crippen LogP contribution in [0.25, 0.3) is 0 Å². The van der Waals surface area contributed by atoms with Gasteiger partial charge in [-0.1, -0.05) is 24.0 Å². The van der Waals surface area contributed by atoms with Crippen molar-refractivity contribution in [2.45, 2.75) is 33.7 Å². The number of nitroso groups, excluding NO2 is 1. The van der Waals surface area contributed by atoms with Gasteiger partial charge in [-0.05, 0) is 27.7 Å². The average molecular weight is 249 g/mol. The molecule has 0 aromatic rings. The number of hydrogen-bond donors (Lipinski definition) is 0. The van der Waals surface area contributed by atoms with Crippen molar-refractivity contribution in [3.63, 3.8) is 0 Å². The number of thiocarbonyl (C=S) groups is 1. The van der Waals surface area contributed by atoms with Crippen molar-refractivity contribution in [1.29, 1.82) is 0 Å². The standard InChI is InChI=1S/C9H19N3OS2/c1-5-11(6-2)9(14)15-7-12(10-13)8(3)4/h8H,5-7H2,1-4H3. The van der Waals surface area contributed by atoms with E-state index in [9.17, 15) is 4.91 Å². The van der Waals surface area contributed by atoms with Gasteiger partial charge in [0.2, 0.25) is 0 Å². The quantitative estimate of drug-likeness (QED) is 0.313. The fraction of sp³-hybridized carbons (Fsp3) is 0.889. The minimum Gasteiger partial charge on any atom is -0.358 e. The third-order valence-corrected chi connectivity index (χ3v) is 3.55. The normalized spacial score (nSPS) is 10.2. The lowest BCUT2D eigenvalue weighted by molar-refractivity contribution is 0.272. The summed E-state index contributed by atoms with van der Waals surface area (Å²) >= 11 is 6.73. The van der Waals surface area contributed by atoms with Crippen LogP contribution in [0.2, 0.25) is 0 Å². The molecule has 0 aliphatic carbocycles. The van der Waals surface area contributed by atoms with Crippen LogP contribution in [-0.4, -0.2) is 39.2 Å². The molecular formula is C9H19N3OS2. The zero-order valence-corrected chi connectivity index (χ0v) is 11.4. The molecule has 0 atom stereocenters. The van der Waals surface area contributed by atoms with Crippen LogP contribution in [0.4, 0.5) is 0 Å². The predicted molar refractivity (Wildman–Crippen MR) is 70.7 cm³/mol. The summed E-state index contributed by atoms with van der Waals surface area (Å²) in [5.41, 5.74) is 0. The number of thioether (sulfide) groups is 1. The number of rotatable bonds is 6. The van der Waals surface area contributed by atoms with E-state index in [1.54, 1.807) is 0 Å². The highest BCUT2D eigenvalue weighted by atomic mass is 32.2. The van der Waals surface area contributed by atoms with E-state index in [0.717, 1.165) is 17.4 Å². The van der Waals surface area contributed by atoms with Gasteiger partial charge in [-0.15, -0.1) is 4.91 Å². The summed E-state index contributed by atoms with van der Waals surface area (Å²) in [6.07, 6.45) is 0. The molecule has 0 heterocycles. The molecule has 0 bridgehead atoms. The monoisotopic (exact) mass is 249 g/mol. The first-order chi connectivity index (χ1) is 7.06. The van der Waals surface area contributed by atoms with Gasteiger partial charge in [0.25, 0.3) is 0 Å². The van der Waals surface area contributed by atoms with Gasteiger partial charge in [0.05, 0.1) is 11.2 Å². The molecule has 0 radical (unpaired) electrons. The highest BCUT2D eigenvalue weighted by molar-refractivity contribution is 8.22. The second-order valence-electron chi connectivity index (χ2n) is 3.33. The number of nitrogens with zero attached hydrogens (tertiary/aromatic N) is 3. The van der Waals surface area contributed by atoms with E-state index < -0.39 is 0 Å². The lowest BCUT2D eigenvalue weighted by Crippen LogP contribution is -2.30. The molecule has 6 heteroatoms. The van der Waals surface area contributed by atoms with Crippen molar-refractivity contribution in [3.8, 4) is 0 Å². The largest absolute Gasteiger partial charge is 0.358 e. The average Bonchev–Trinajstić information content (AvgIpc) is 2.20. The van der Waals surface area contributed by atoms with Crippen molar-refractivity contribution in [2.24, 2.45) is 5.29 Å². The third-order valence-electron chi connectivity index (χ3n) is 2.04. The summed E-state index contributed by atoms with van der Waals surface area (Å²) in [5.74, 6) is 0.524. The molecule has 0 saturated carbocycles. The summed E-state index contributed by atoms with van der Waals surface area (Å²) < 4.78 is 0.828. The maximum Gasteiger partial charge on any atom is 0.138 e. The van der Waals surface area contributed by atoms with Crippen molar-refractivity contribution in [2.75, 3.05) is 19.0 Å². The maximum absolute atomic E-state index is 10.5. The molecule has 0 aromatic carbocycles. The zero-order chi connectivity index (χ0) is 11.8. The van der Waals surface area contributed by atoms with Gasteiger partial charge in [0, 0.05) is 19.1 Å². The first-order valence-corrected chi connectivity index (χ1v) is 6.47. The molecule has 0 spiro atoms. The van der Waals surface area contributed by atoms with Crippen molar-refractivity contribution in [3.05, 3.63) is 4.91 Å². The van der Waals surface area contributed by atoms with Crippen LogP contribution in [0, 0.1) is 4.91 Å². The van der Waals surface area contributed by atoms with E-state index in [4.69, 9.17) is 12.2 Å². The minimum atomic E-state index is 0.120. The minimum absolute atomic E-state index is 0.120. The number of hydrogen-bond acceptors (Lipinski definition) is 4. The highest BCUT2D eigenvalue weighted by Crippen LogP contribution is 2.13. The van der Waals surface area contributed by atoms with E-state index in [2.05, 4.69) is 24.0 Å². The summed E-state index contributed by atoms with van der Waals surface area (Å²) in [6.45, 7) is 9.80. The summed E-state index contributed by atoms with van der Waals surface area (Å²) in [7, 11) is 0. The van der Waals surface area contributed by atoms with E-state index in [-0.39, 0.29) is 6.04 Å². The maximum atomic E-state index is 10.5. The van der Waals surface area contributed by atoms with Crippen LogP contribution in [0.3, 0.4) is 0 Å². The van der Waals surface area contributed by atoms with Gasteiger partial charge < -0.3 is 4.90 Å². The van der Waals surface area contributed by atoms with Gasteiger partial charge in [-0.2, -0.15) is 0 Å². The Morgan fingerprint density at radius 2 is 1.93 bits per heavy atom. The van der Waals surface area contributed by atoms with E-state index in [0.29, 0.717) is 5.88 Å². The molecule has 0 N–H and O–H groups in total. The Hall–Kier alpha value is -0.360. The Morgan fingerprint density at radius 1 is 1.40 bits per heavy atom. The Morgan fingerprint density at radius 3 is 2.27 bits per heavy atom. The molecule has 15 heavy (non-hydrogen) atoms. The molecule has 88 valence electrons. The fourth-order valence-corrected chi connectivity index (χ4v) is 2.41. The van der Waals surface area contributed by atoms with Gasteiger partial charge >= 0.3 is 0 Å². The summed E-state index contributed by atoms with van der Waals surface area (Å²) in [5, 5.41) is 4.44. The Bertz CT molecular complexity index is 208. The molecule has 0 fully saturated rings. The highest BCUT2D eigenvalue weighted by Gasteiger charge is 2.11. The predicted octanol–water partition coefficient (Wildman–Crippen LogP) is 2.70. The lowest BCUT2D eigenvalue weighted by Gasteiger charge is -2.24. The molecule has 0 aliphatic heterocycles. The first-order valence-electron chi connectivity index (χ1n) is 5.08. The zero-order valence-electron chi connectivity index (χ0n) is 9.77. The molecule has 0 unspecified atom stereocenters.